The molecular formula is C23H25ClF2N4O3. The molecule has 1 amide bonds. The van der Waals surface area contributed by atoms with E-state index in [-0.39, 0.29) is 24.5 Å². The summed E-state index contributed by atoms with van der Waals surface area (Å²) in [4.78, 5) is 26.2. The number of halogens is 3. The number of amides is 1. The summed E-state index contributed by atoms with van der Waals surface area (Å²) >= 11 is 0. The fraction of sp³-hybridized carbons (Fsp3) is 0.261. The van der Waals surface area contributed by atoms with Crippen LogP contribution in [0.5, 0.6) is 0 Å². The first kappa shape index (κ1) is 26.0. The zero-order valence-corrected chi connectivity index (χ0v) is 19.1. The molecule has 7 nitrogen and oxygen atoms in total. The van der Waals surface area contributed by atoms with Gasteiger partial charge in [0.05, 0.1) is 18.8 Å². The highest BCUT2D eigenvalue weighted by Crippen LogP contribution is 2.19. The average Bonchev–Trinajstić information content (AvgIpc) is 2.75. The van der Waals surface area contributed by atoms with Gasteiger partial charge in [-0.2, -0.15) is 5.10 Å². The molecule has 0 fully saturated rings. The first-order chi connectivity index (χ1) is 15.3. The van der Waals surface area contributed by atoms with Crippen molar-refractivity contribution in [3.05, 3.63) is 82.1 Å². The SMILES string of the molecule is CN(C)CCCOC(=O)Nc1cccc(Cn2nc(-c3ccc(F)c(F)c3)ccc2=O)c1.Cl. The number of ether oxygens (including phenoxy) is 1. The Labute approximate surface area is 196 Å². The summed E-state index contributed by atoms with van der Waals surface area (Å²) in [7, 11) is 3.89. The van der Waals surface area contributed by atoms with E-state index in [1.54, 1.807) is 24.3 Å². The molecule has 1 N–H and O–H groups in total. The Morgan fingerprint density at radius 1 is 1.09 bits per heavy atom. The molecule has 2 aromatic carbocycles. The molecule has 10 heteroatoms. The topological polar surface area (TPSA) is 76.5 Å². The van der Waals surface area contributed by atoms with Crippen molar-refractivity contribution in [2.75, 3.05) is 32.6 Å². The molecule has 0 saturated carbocycles. The van der Waals surface area contributed by atoms with Crippen LogP contribution in [0.1, 0.15) is 12.0 Å². The van der Waals surface area contributed by atoms with Crippen molar-refractivity contribution >= 4 is 24.2 Å². The summed E-state index contributed by atoms with van der Waals surface area (Å²) in [5, 5.41) is 6.92. The van der Waals surface area contributed by atoms with Crippen LogP contribution in [0.2, 0.25) is 0 Å². The largest absolute Gasteiger partial charge is 0.449 e. The highest BCUT2D eigenvalue weighted by Gasteiger charge is 2.09. The lowest BCUT2D eigenvalue weighted by Gasteiger charge is -2.11. The van der Waals surface area contributed by atoms with Crippen molar-refractivity contribution in [1.29, 1.82) is 0 Å². The van der Waals surface area contributed by atoms with Crippen molar-refractivity contribution in [2.24, 2.45) is 0 Å². The van der Waals surface area contributed by atoms with Crippen molar-refractivity contribution < 1.29 is 18.3 Å². The van der Waals surface area contributed by atoms with E-state index in [0.29, 0.717) is 29.1 Å². The Kier molecular flexibility index (Phi) is 9.50. The van der Waals surface area contributed by atoms with Gasteiger partial charge in [0, 0.05) is 23.9 Å². The fourth-order valence-electron chi connectivity index (χ4n) is 2.99. The summed E-state index contributed by atoms with van der Waals surface area (Å²) in [5.74, 6) is -1.95. The highest BCUT2D eigenvalue weighted by molar-refractivity contribution is 5.85. The van der Waals surface area contributed by atoms with Gasteiger partial charge in [-0.25, -0.2) is 18.3 Å². The first-order valence-corrected chi connectivity index (χ1v) is 10.0. The van der Waals surface area contributed by atoms with Crippen LogP contribution < -0.4 is 10.9 Å². The van der Waals surface area contributed by atoms with E-state index >= 15 is 0 Å². The van der Waals surface area contributed by atoms with Crippen LogP contribution in [0.25, 0.3) is 11.3 Å². The van der Waals surface area contributed by atoms with Crippen LogP contribution in [0.4, 0.5) is 19.3 Å². The van der Waals surface area contributed by atoms with Crippen LogP contribution >= 0.6 is 12.4 Å². The Balaban J connectivity index is 0.00000385. The van der Waals surface area contributed by atoms with Gasteiger partial charge in [-0.3, -0.25) is 10.1 Å². The van der Waals surface area contributed by atoms with Gasteiger partial charge in [0.25, 0.3) is 5.56 Å². The minimum absolute atomic E-state index is 0. The van der Waals surface area contributed by atoms with Crippen LogP contribution in [0.3, 0.4) is 0 Å². The summed E-state index contributed by atoms with van der Waals surface area (Å²) in [6.07, 6.45) is 0.167. The Morgan fingerprint density at radius 3 is 2.61 bits per heavy atom. The van der Waals surface area contributed by atoms with Crippen molar-refractivity contribution in [3.8, 4) is 11.3 Å². The third kappa shape index (κ3) is 7.65. The van der Waals surface area contributed by atoms with Gasteiger partial charge in [-0.05, 0) is 62.5 Å². The van der Waals surface area contributed by atoms with Crippen molar-refractivity contribution in [2.45, 2.75) is 13.0 Å². The van der Waals surface area contributed by atoms with Crippen LogP contribution in [0.15, 0.2) is 59.4 Å². The number of carbonyl (C=O) groups is 1. The third-order valence-electron chi connectivity index (χ3n) is 4.57. The first-order valence-electron chi connectivity index (χ1n) is 10.0. The Morgan fingerprint density at radius 2 is 1.88 bits per heavy atom. The van der Waals surface area contributed by atoms with E-state index in [0.717, 1.165) is 25.1 Å². The average molecular weight is 479 g/mol. The zero-order chi connectivity index (χ0) is 23.1. The number of benzene rings is 2. The number of anilines is 1. The Hall–Kier alpha value is -3.30. The van der Waals surface area contributed by atoms with E-state index in [4.69, 9.17) is 4.74 Å². The number of nitrogens with zero attached hydrogens (tertiary/aromatic N) is 3. The molecule has 0 aliphatic rings. The number of carbonyl (C=O) groups excluding carboxylic acids is 1. The molecule has 3 rings (SSSR count). The molecule has 3 aromatic rings. The molecule has 0 radical (unpaired) electrons. The highest BCUT2D eigenvalue weighted by atomic mass is 35.5. The number of hydrogen-bond acceptors (Lipinski definition) is 5. The molecule has 1 aromatic heterocycles. The second kappa shape index (κ2) is 12.1. The molecular weight excluding hydrogens is 454 g/mol. The second-order valence-corrected chi connectivity index (χ2v) is 7.46. The molecule has 0 aliphatic carbocycles. The number of rotatable bonds is 8. The van der Waals surface area contributed by atoms with Gasteiger partial charge in [-0.1, -0.05) is 12.1 Å². The molecule has 1 heterocycles. The van der Waals surface area contributed by atoms with Crippen molar-refractivity contribution in [1.82, 2.24) is 14.7 Å². The number of nitrogens with one attached hydrogen (secondary N) is 1. The zero-order valence-electron chi connectivity index (χ0n) is 18.3. The number of hydrogen-bond donors (Lipinski definition) is 1. The molecule has 33 heavy (non-hydrogen) atoms. The van der Waals surface area contributed by atoms with Crippen LogP contribution in [-0.2, 0) is 11.3 Å². The molecule has 0 unspecified atom stereocenters. The molecule has 176 valence electrons. The minimum atomic E-state index is -0.991. The Bertz CT molecular complexity index is 1150. The van der Waals surface area contributed by atoms with Gasteiger partial charge in [0.2, 0.25) is 0 Å². The smallest absolute Gasteiger partial charge is 0.411 e. The summed E-state index contributed by atoms with van der Waals surface area (Å²) in [6.45, 7) is 1.25. The minimum Gasteiger partial charge on any atom is -0.449 e. The molecule has 0 spiro atoms. The van der Waals surface area contributed by atoms with E-state index < -0.39 is 17.7 Å². The molecule has 0 saturated heterocycles. The summed E-state index contributed by atoms with van der Waals surface area (Å²) in [6, 6.07) is 13.1. The maximum Gasteiger partial charge on any atom is 0.411 e. The second-order valence-electron chi connectivity index (χ2n) is 7.46. The van der Waals surface area contributed by atoms with Crippen LogP contribution in [-0.4, -0.2) is 48.0 Å². The summed E-state index contributed by atoms with van der Waals surface area (Å²) in [5.41, 5.74) is 1.57. The predicted octanol–water partition coefficient (Wildman–Crippen LogP) is 4.16. The summed E-state index contributed by atoms with van der Waals surface area (Å²) < 4.78 is 33.1. The monoisotopic (exact) mass is 478 g/mol. The normalized spacial score (nSPS) is 10.6. The quantitative estimate of drug-likeness (QED) is 0.492. The predicted molar refractivity (Wildman–Crippen MR) is 125 cm³/mol. The lowest BCUT2D eigenvalue weighted by molar-refractivity contribution is 0.156. The van der Waals surface area contributed by atoms with Crippen LogP contribution in [0, 0.1) is 11.6 Å². The number of aromatic nitrogens is 2. The van der Waals surface area contributed by atoms with E-state index in [1.165, 1.54) is 22.9 Å². The van der Waals surface area contributed by atoms with Gasteiger partial charge in [0.15, 0.2) is 11.6 Å². The lowest BCUT2D eigenvalue weighted by atomic mass is 10.1. The van der Waals surface area contributed by atoms with E-state index in [1.807, 2.05) is 19.0 Å². The van der Waals surface area contributed by atoms with E-state index in [9.17, 15) is 18.4 Å². The third-order valence-corrected chi connectivity index (χ3v) is 4.57. The molecule has 0 aliphatic heterocycles. The molecule has 0 bridgehead atoms. The standard InChI is InChI=1S/C23H24F2N4O3.ClH/c1-28(2)11-4-12-32-23(31)26-18-6-3-5-16(13-18)15-29-22(30)10-9-21(27-29)17-7-8-19(24)20(25)14-17;/h3,5-10,13-14H,4,11-12,15H2,1-2H3,(H,26,31);1H. The maximum absolute atomic E-state index is 13.6. The van der Waals surface area contributed by atoms with Gasteiger partial charge in [0.1, 0.15) is 0 Å². The van der Waals surface area contributed by atoms with E-state index in [2.05, 4.69) is 10.4 Å². The van der Waals surface area contributed by atoms with Crippen molar-refractivity contribution in [3.63, 3.8) is 0 Å². The maximum atomic E-state index is 13.6. The van der Waals surface area contributed by atoms with Gasteiger partial charge in [-0.15, -0.1) is 12.4 Å². The lowest BCUT2D eigenvalue weighted by Crippen LogP contribution is -2.23. The fourth-order valence-corrected chi connectivity index (χ4v) is 2.99. The van der Waals surface area contributed by atoms with Gasteiger partial charge >= 0.3 is 6.09 Å². The van der Waals surface area contributed by atoms with Gasteiger partial charge < -0.3 is 9.64 Å². The molecule has 0 atom stereocenters.